The molecule has 0 amide bonds. The molecule has 2 atom stereocenters. The fourth-order valence-corrected chi connectivity index (χ4v) is 2.69. The molecule has 124 valence electrons. The van der Waals surface area contributed by atoms with Crippen molar-refractivity contribution in [3.63, 3.8) is 0 Å². The van der Waals surface area contributed by atoms with Gasteiger partial charge >= 0.3 is 0 Å². The molecule has 0 spiro atoms. The Kier molecular flexibility index (Phi) is 7.19. The smallest absolute Gasteiger partial charge is 0.119 e. The zero-order chi connectivity index (χ0) is 16.8. The summed E-state index contributed by atoms with van der Waals surface area (Å²) >= 11 is 0. The second-order valence-electron chi connectivity index (χ2n) is 7.53. The predicted octanol–water partition coefficient (Wildman–Crippen LogP) is 6.60. The van der Waals surface area contributed by atoms with E-state index < -0.39 is 0 Å². The van der Waals surface area contributed by atoms with Crippen LogP contribution in [0.4, 0.5) is 0 Å². The highest BCUT2D eigenvalue weighted by Crippen LogP contribution is 2.39. The maximum Gasteiger partial charge on any atom is 0.119 e. The van der Waals surface area contributed by atoms with Crippen LogP contribution >= 0.6 is 0 Å². The van der Waals surface area contributed by atoms with E-state index in [4.69, 9.17) is 4.74 Å². The molecule has 0 radical (unpaired) electrons. The van der Waals surface area contributed by atoms with Gasteiger partial charge in [-0.3, -0.25) is 0 Å². The lowest BCUT2D eigenvalue weighted by molar-refractivity contribution is 0.255. The molecule has 1 heteroatoms. The molecule has 1 nitrogen and oxygen atoms in total. The molecule has 0 aliphatic carbocycles. The molecule has 1 aromatic carbocycles. The summed E-state index contributed by atoms with van der Waals surface area (Å²) in [6, 6.07) is 8.70. The van der Waals surface area contributed by atoms with Crippen LogP contribution in [0.5, 0.6) is 5.75 Å². The molecular weight excluding hydrogens is 268 g/mol. The van der Waals surface area contributed by atoms with Crippen molar-refractivity contribution in [3.05, 3.63) is 42.0 Å². The Morgan fingerprint density at radius 2 is 1.77 bits per heavy atom. The van der Waals surface area contributed by atoms with E-state index in [1.165, 1.54) is 24.8 Å². The summed E-state index contributed by atoms with van der Waals surface area (Å²) in [6.07, 6.45) is 3.68. The van der Waals surface area contributed by atoms with Gasteiger partial charge in [-0.05, 0) is 53.9 Å². The lowest BCUT2D eigenvalue weighted by Gasteiger charge is -2.32. The van der Waals surface area contributed by atoms with Crippen LogP contribution in [0, 0.1) is 11.3 Å². The molecule has 0 aliphatic rings. The Bertz CT molecular complexity index is 455. The third kappa shape index (κ3) is 5.87. The Balaban J connectivity index is 2.88. The largest absolute Gasteiger partial charge is 0.489 e. The average Bonchev–Trinajstić information content (AvgIpc) is 2.50. The van der Waals surface area contributed by atoms with Crippen LogP contribution in [0.25, 0.3) is 0 Å². The maximum atomic E-state index is 5.71. The Morgan fingerprint density at radius 1 is 1.18 bits per heavy atom. The van der Waals surface area contributed by atoms with Gasteiger partial charge in [0.25, 0.3) is 0 Å². The number of ether oxygens (including phenoxy) is 1. The molecule has 1 aromatic rings. The summed E-state index contributed by atoms with van der Waals surface area (Å²) in [7, 11) is 0. The highest BCUT2D eigenvalue weighted by Gasteiger charge is 2.26. The molecule has 0 fully saturated rings. The summed E-state index contributed by atoms with van der Waals surface area (Å²) in [5, 5.41) is 0. The van der Waals surface area contributed by atoms with Gasteiger partial charge in [0.05, 0.1) is 0 Å². The number of hydrogen-bond donors (Lipinski definition) is 0. The quantitative estimate of drug-likeness (QED) is 0.467. The van der Waals surface area contributed by atoms with E-state index >= 15 is 0 Å². The predicted molar refractivity (Wildman–Crippen MR) is 97.6 cm³/mol. The molecule has 0 saturated carbocycles. The topological polar surface area (TPSA) is 9.23 Å². The SMILES string of the molecule is C=C(C)COc1ccc(C(CC(C)(C)CC)C(C)CC)cc1. The number of benzene rings is 1. The second kappa shape index (κ2) is 8.41. The van der Waals surface area contributed by atoms with Crippen molar-refractivity contribution in [2.24, 2.45) is 11.3 Å². The van der Waals surface area contributed by atoms with Crippen LogP contribution in [-0.4, -0.2) is 6.61 Å². The van der Waals surface area contributed by atoms with Crippen molar-refractivity contribution < 1.29 is 4.74 Å². The first-order valence-corrected chi connectivity index (χ1v) is 8.66. The standard InChI is InChI=1S/C21H34O/c1-8-17(5)20(14-21(6,7)9-2)18-10-12-19(13-11-18)22-15-16(3)4/h10-13,17,20H,3,8-9,14-15H2,1-2,4-7H3. The van der Waals surface area contributed by atoms with Crippen LogP contribution < -0.4 is 4.74 Å². The van der Waals surface area contributed by atoms with Crippen molar-refractivity contribution in [3.8, 4) is 5.75 Å². The average molecular weight is 303 g/mol. The van der Waals surface area contributed by atoms with Crippen LogP contribution in [-0.2, 0) is 0 Å². The Hall–Kier alpha value is -1.24. The number of rotatable bonds is 9. The van der Waals surface area contributed by atoms with Crippen molar-refractivity contribution in [1.29, 1.82) is 0 Å². The van der Waals surface area contributed by atoms with E-state index in [9.17, 15) is 0 Å². The molecule has 0 aromatic heterocycles. The minimum atomic E-state index is 0.392. The highest BCUT2D eigenvalue weighted by atomic mass is 16.5. The van der Waals surface area contributed by atoms with Crippen LogP contribution in [0.3, 0.4) is 0 Å². The van der Waals surface area contributed by atoms with E-state index in [0.29, 0.717) is 23.9 Å². The first-order valence-electron chi connectivity index (χ1n) is 8.66. The Morgan fingerprint density at radius 3 is 2.23 bits per heavy atom. The van der Waals surface area contributed by atoms with Crippen LogP contribution in [0.1, 0.15) is 72.3 Å². The molecule has 1 rings (SSSR count). The Labute approximate surface area is 137 Å². The van der Waals surface area contributed by atoms with Crippen LogP contribution in [0.2, 0.25) is 0 Å². The third-order valence-electron chi connectivity index (χ3n) is 4.85. The van der Waals surface area contributed by atoms with E-state index in [-0.39, 0.29) is 0 Å². The second-order valence-corrected chi connectivity index (χ2v) is 7.53. The van der Waals surface area contributed by atoms with Crippen LogP contribution in [0.15, 0.2) is 36.4 Å². The van der Waals surface area contributed by atoms with Crippen molar-refractivity contribution in [2.45, 2.75) is 66.7 Å². The van der Waals surface area contributed by atoms with E-state index in [1.54, 1.807) is 0 Å². The van der Waals surface area contributed by atoms with Gasteiger partial charge in [0.15, 0.2) is 0 Å². The minimum absolute atomic E-state index is 0.392. The first-order chi connectivity index (χ1) is 10.3. The van der Waals surface area contributed by atoms with E-state index in [0.717, 1.165) is 11.3 Å². The molecule has 0 bridgehead atoms. The monoisotopic (exact) mass is 302 g/mol. The van der Waals surface area contributed by atoms with E-state index in [2.05, 4.69) is 65.5 Å². The number of hydrogen-bond acceptors (Lipinski definition) is 1. The molecule has 2 unspecified atom stereocenters. The first kappa shape index (κ1) is 18.8. The van der Waals surface area contributed by atoms with Gasteiger partial charge in [0, 0.05) is 0 Å². The van der Waals surface area contributed by atoms with Crippen molar-refractivity contribution in [2.75, 3.05) is 6.61 Å². The lowest BCUT2D eigenvalue weighted by atomic mass is 9.73. The summed E-state index contributed by atoms with van der Waals surface area (Å²) in [5.41, 5.74) is 2.88. The normalized spacial score (nSPS) is 14.5. The highest BCUT2D eigenvalue weighted by molar-refractivity contribution is 5.30. The van der Waals surface area contributed by atoms with E-state index in [1.807, 2.05) is 6.92 Å². The zero-order valence-corrected chi connectivity index (χ0v) is 15.4. The molecule has 22 heavy (non-hydrogen) atoms. The van der Waals surface area contributed by atoms with Crippen molar-refractivity contribution >= 4 is 0 Å². The summed E-state index contributed by atoms with van der Waals surface area (Å²) in [5.74, 6) is 2.26. The molecule has 0 heterocycles. The third-order valence-corrected chi connectivity index (χ3v) is 4.85. The lowest BCUT2D eigenvalue weighted by Crippen LogP contribution is -2.19. The molecule has 0 aliphatic heterocycles. The fraction of sp³-hybridized carbons (Fsp3) is 0.619. The molecule has 0 N–H and O–H groups in total. The summed E-state index contributed by atoms with van der Waals surface area (Å²) in [6.45, 7) is 18.2. The van der Waals surface area contributed by atoms with Gasteiger partial charge < -0.3 is 4.74 Å². The van der Waals surface area contributed by atoms with Crippen molar-refractivity contribution in [1.82, 2.24) is 0 Å². The van der Waals surface area contributed by atoms with Gasteiger partial charge in [-0.1, -0.05) is 66.2 Å². The molecular formula is C21H34O. The fourth-order valence-electron chi connectivity index (χ4n) is 2.69. The van der Waals surface area contributed by atoms with Gasteiger partial charge in [0.2, 0.25) is 0 Å². The van der Waals surface area contributed by atoms with Gasteiger partial charge in [-0.2, -0.15) is 0 Å². The molecule has 0 saturated heterocycles. The maximum absolute atomic E-state index is 5.71. The van der Waals surface area contributed by atoms with Gasteiger partial charge in [0.1, 0.15) is 12.4 Å². The zero-order valence-electron chi connectivity index (χ0n) is 15.4. The van der Waals surface area contributed by atoms with Gasteiger partial charge in [-0.15, -0.1) is 0 Å². The summed E-state index contributed by atoms with van der Waals surface area (Å²) < 4.78 is 5.71. The van der Waals surface area contributed by atoms with Gasteiger partial charge in [-0.25, -0.2) is 0 Å². The minimum Gasteiger partial charge on any atom is -0.489 e. The summed E-state index contributed by atoms with van der Waals surface area (Å²) in [4.78, 5) is 0.